The lowest BCUT2D eigenvalue weighted by atomic mass is 10.1. The van der Waals surface area contributed by atoms with E-state index in [2.05, 4.69) is 32.7 Å². The van der Waals surface area contributed by atoms with Crippen LogP contribution in [0.25, 0.3) is 0 Å². The van der Waals surface area contributed by atoms with E-state index in [0.717, 1.165) is 20.9 Å². The Morgan fingerprint density at radius 2 is 1.95 bits per heavy atom. The summed E-state index contributed by atoms with van der Waals surface area (Å²) in [6.45, 7) is 2.13. The zero-order chi connectivity index (χ0) is 14.7. The average Bonchev–Trinajstić information content (AvgIpc) is 2.46. The molecule has 2 nitrogen and oxygen atoms in total. The van der Waals surface area contributed by atoms with Crippen molar-refractivity contribution >= 4 is 44.9 Å². The summed E-state index contributed by atoms with van der Waals surface area (Å²) in [5, 5.41) is 0.742. The highest BCUT2D eigenvalue weighted by molar-refractivity contribution is 9.10. The molecule has 0 saturated heterocycles. The van der Waals surface area contributed by atoms with Gasteiger partial charge >= 0.3 is 0 Å². The van der Waals surface area contributed by atoms with E-state index in [0.29, 0.717) is 5.88 Å². The summed E-state index contributed by atoms with van der Waals surface area (Å²) < 4.78 is 0.935. The number of rotatable bonds is 4. The Morgan fingerprint density at radius 3 is 2.55 bits per heavy atom. The topological polar surface area (TPSA) is 16.1 Å². The number of nitrogens with zero attached hydrogens (tertiary/aromatic N) is 2. The van der Waals surface area contributed by atoms with Crippen LogP contribution >= 0.6 is 39.1 Å². The predicted molar refractivity (Wildman–Crippen MR) is 89.8 cm³/mol. The number of pyridine rings is 1. The minimum Gasteiger partial charge on any atom is -0.353 e. The van der Waals surface area contributed by atoms with Crippen molar-refractivity contribution in [3.05, 3.63) is 57.2 Å². The first-order chi connectivity index (χ1) is 9.52. The van der Waals surface area contributed by atoms with E-state index >= 15 is 0 Å². The summed E-state index contributed by atoms with van der Waals surface area (Å²) in [7, 11) is 2.02. The highest BCUT2D eigenvalue weighted by atomic mass is 79.9. The second kappa shape index (κ2) is 6.79. The van der Waals surface area contributed by atoms with Crippen molar-refractivity contribution < 1.29 is 0 Å². The molecule has 1 aromatic heterocycles. The largest absolute Gasteiger partial charge is 0.353 e. The van der Waals surface area contributed by atoms with Gasteiger partial charge in [0, 0.05) is 28.3 Å². The zero-order valence-corrected chi connectivity index (χ0v) is 14.4. The van der Waals surface area contributed by atoms with Gasteiger partial charge in [-0.15, -0.1) is 11.6 Å². The second-order valence-corrected chi connectivity index (χ2v) is 6.23. The summed E-state index contributed by atoms with van der Waals surface area (Å²) >= 11 is 15.4. The summed E-state index contributed by atoms with van der Waals surface area (Å²) in [6, 6.07) is 10.0. The van der Waals surface area contributed by atoms with Crippen molar-refractivity contribution in [2.75, 3.05) is 11.9 Å². The third-order valence-electron chi connectivity index (χ3n) is 3.32. The van der Waals surface area contributed by atoms with E-state index in [1.54, 1.807) is 6.20 Å². The van der Waals surface area contributed by atoms with Gasteiger partial charge in [0.25, 0.3) is 0 Å². The fraction of sp³-hybridized carbons (Fsp3) is 0.267. The van der Waals surface area contributed by atoms with Gasteiger partial charge in [0.15, 0.2) is 0 Å². The minimum atomic E-state index is 0.183. The lowest BCUT2D eigenvalue weighted by Gasteiger charge is -2.28. The molecule has 1 atom stereocenters. The Balaban J connectivity index is 2.30. The Morgan fingerprint density at radius 1 is 1.30 bits per heavy atom. The molecule has 0 aliphatic carbocycles. The van der Waals surface area contributed by atoms with Crippen molar-refractivity contribution in [3.63, 3.8) is 0 Å². The highest BCUT2D eigenvalue weighted by Gasteiger charge is 2.16. The molecule has 2 aromatic rings. The van der Waals surface area contributed by atoms with Gasteiger partial charge < -0.3 is 4.90 Å². The Kier molecular flexibility index (Phi) is 5.30. The first-order valence-electron chi connectivity index (χ1n) is 6.21. The molecular weight excluding hydrogens is 359 g/mol. The average molecular weight is 374 g/mol. The van der Waals surface area contributed by atoms with Crippen molar-refractivity contribution in [1.82, 2.24) is 4.98 Å². The fourth-order valence-corrected chi connectivity index (χ4v) is 2.74. The standard InChI is InChI=1S/C15H15BrCl2N2/c1-10(11-3-5-14(18)6-4-11)20(2)15-12(8-17)7-13(16)9-19-15/h3-7,9-10H,8H2,1-2H3. The molecule has 0 amide bonds. The van der Waals surface area contributed by atoms with Crippen LogP contribution in [-0.4, -0.2) is 12.0 Å². The third kappa shape index (κ3) is 3.46. The van der Waals surface area contributed by atoms with Crippen molar-refractivity contribution in [1.29, 1.82) is 0 Å². The smallest absolute Gasteiger partial charge is 0.133 e. The van der Waals surface area contributed by atoms with Crippen LogP contribution in [0.2, 0.25) is 5.02 Å². The highest BCUT2D eigenvalue weighted by Crippen LogP contribution is 2.29. The van der Waals surface area contributed by atoms with Gasteiger partial charge in [-0.3, -0.25) is 0 Å². The molecule has 0 aliphatic heterocycles. The molecule has 0 N–H and O–H groups in total. The van der Waals surface area contributed by atoms with Crippen LogP contribution in [-0.2, 0) is 5.88 Å². The first-order valence-corrected chi connectivity index (χ1v) is 7.92. The maximum atomic E-state index is 6.01. The predicted octanol–water partition coefficient (Wildman–Crippen LogP) is 5.43. The number of benzene rings is 1. The molecule has 1 heterocycles. The maximum Gasteiger partial charge on any atom is 0.133 e. The molecule has 1 aromatic carbocycles. The first kappa shape index (κ1) is 15.6. The molecule has 0 saturated carbocycles. The van der Waals surface area contributed by atoms with E-state index in [-0.39, 0.29) is 6.04 Å². The maximum absolute atomic E-state index is 6.01. The summed E-state index contributed by atoms with van der Waals surface area (Å²) in [4.78, 5) is 6.60. The Bertz CT molecular complexity index is 587. The summed E-state index contributed by atoms with van der Waals surface area (Å²) in [6.07, 6.45) is 1.79. The van der Waals surface area contributed by atoms with Gasteiger partial charge in [-0.05, 0) is 46.6 Å². The molecule has 2 rings (SSSR count). The molecule has 0 aliphatic rings. The molecule has 5 heteroatoms. The molecule has 0 radical (unpaired) electrons. The van der Waals surface area contributed by atoms with Crippen LogP contribution < -0.4 is 4.90 Å². The normalized spacial score (nSPS) is 12.2. The van der Waals surface area contributed by atoms with Gasteiger partial charge in [-0.2, -0.15) is 0 Å². The van der Waals surface area contributed by atoms with Crippen LogP contribution in [0.3, 0.4) is 0 Å². The van der Waals surface area contributed by atoms with Gasteiger partial charge in [0.05, 0.1) is 11.9 Å². The monoisotopic (exact) mass is 372 g/mol. The molecule has 1 unspecified atom stereocenters. The number of aromatic nitrogens is 1. The van der Waals surface area contributed by atoms with E-state index in [4.69, 9.17) is 23.2 Å². The fourth-order valence-electron chi connectivity index (χ4n) is 2.04. The minimum absolute atomic E-state index is 0.183. The van der Waals surface area contributed by atoms with E-state index in [1.165, 1.54) is 5.56 Å². The lowest BCUT2D eigenvalue weighted by molar-refractivity contribution is 0.725. The Hall–Kier alpha value is -0.770. The van der Waals surface area contributed by atoms with Gasteiger partial charge in [-0.1, -0.05) is 23.7 Å². The number of hydrogen-bond donors (Lipinski definition) is 0. The van der Waals surface area contributed by atoms with E-state index < -0.39 is 0 Å². The molecule has 0 spiro atoms. The second-order valence-electron chi connectivity index (χ2n) is 4.61. The third-order valence-corrected chi connectivity index (χ3v) is 4.29. The number of alkyl halides is 1. The number of halogens is 3. The van der Waals surface area contributed by atoms with Gasteiger partial charge in [0.2, 0.25) is 0 Å². The van der Waals surface area contributed by atoms with E-state index in [1.807, 2.05) is 37.4 Å². The van der Waals surface area contributed by atoms with Gasteiger partial charge in [0.1, 0.15) is 5.82 Å². The molecule has 0 fully saturated rings. The van der Waals surface area contributed by atoms with Crippen molar-refractivity contribution in [3.8, 4) is 0 Å². The molecule has 0 bridgehead atoms. The zero-order valence-electron chi connectivity index (χ0n) is 11.3. The molecule has 106 valence electrons. The molecular formula is C15H15BrCl2N2. The van der Waals surface area contributed by atoms with Crippen LogP contribution in [0.15, 0.2) is 41.0 Å². The van der Waals surface area contributed by atoms with Crippen LogP contribution in [0.1, 0.15) is 24.1 Å². The Labute approximate surface area is 137 Å². The number of hydrogen-bond acceptors (Lipinski definition) is 2. The van der Waals surface area contributed by atoms with Crippen LogP contribution in [0.5, 0.6) is 0 Å². The number of anilines is 1. The molecule has 20 heavy (non-hydrogen) atoms. The summed E-state index contributed by atoms with van der Waals surface area (Å²) in [5.74, 6) is 1.32. The van der Waals surface area contributed by atoms with Crippen molar-refractivity contribution in [2.24, 2.45) is 0 Å². The van der Waals surface area contributed by atoms with Crippen LogP contribution in [0.4, 0.5) is 5.82 Å². The summed E-state index contributed by atoms with van der Waals surface area (Å²) in [5.41, 5.74) is 2.19. The van der Waals surface area contributed by atoms with Crippen molar-refractivity contribution in [2.45, 2.75) is 18.8 Å². The quantitative estimate of drug-likeness (QED) is 0.664. The van der Waals surface area contributed by atoms with Crippen LogP contribution in [0, 0.1) is 0 Å². The lowest BCUT2D eigenvalue weighted by Crippen LogP contribution is -2.23. The van der Waals surface area contributed by atoms with E-state index in [9.17, 15) is 0 Å². The van der Waals surface area contributed by atoms with Gasteiger partial charge in [-0.25, -0.2) is 4.98 Å². The SMILES string of the molecule is CC(c1ccc(Cl)cc1)N(C)c1ncc(Br)cc1CCl.